The number of hydrogen-bond donors (Lipinski definition) is 1. The third-order valence-corrected chi connectivity index (χ3v) is 3.90. The predicted octanol–water partition coefficient (Wildman–Crippen LogP) is 3.36. The number of aromatic nitrogens is 3. The highest BCUT2D eigenvalue weighted by Crippen LogP contribution is 2.24. The highest BCUT2D eigenvalue weighted by Gasteiger charge is 2.18. The Morgan fingerprint density at radius 1 is 1.45 bits per heavy atom. The summed E-state index contributed by atoms with van der Waals surface area (Å²) in [6, 6.07) is 2.12. The molecule has 0 saturated carbocycles. The lowest BCUT2D eigenvalue weighted by Gasteiger charge is -2.13. The summed E-state index contributed by atoms with van der Waals surface area (Å²) < 4.78 is 1.90. The zero-order valence-electron chi connectivity index (χ0n) is 12.4. The van der Waals surface area contributed by atoms with E-state index in [0.717, 1.165) is 35.1 Å². The van der Waals surface area contributed by atoms with Gasteiger partial charge < -0.3 is 5.32 Å². The van der Waals surface area contributed by atoms with Crippen LogP contribution in [-0.2, 0) is 5.41 Å². The second kappa shape index (κ2) is 6.31. The molecule has 0 radical (unpaired) electrons. The van der Waals surface area contributed by atoms with Crippen molar-refractivity contribution in [3.8, 4) is 0 Å². The minimum atomic E-state index is 0.0447. The molecule has 2 aromatic heterocycles. The van der Waals surface area contributed by atoms with E-state index < -0.39 is 0 Å². The maximum absolute atomic E-state index is 4.62. The minimum absolute atomic E-state index is 0.0447. The minimum Gasteiger partial charge on any atom is -0.367 e. The quantitative estimate of drug-likeness (QED) is 0.654. The second-order valence-corrected chi connectivity index (χ2v) is 6.83. The summed E-state index contributed by atoms with van der Waals surface area (Å²) in [6.07, 6.45) is 5.60. The van der Waals surface area contributed by atoms with Crippen molar-refractivity contribution in [1.29, 1.82) is 0 Å². The maximum atomic E-state index is 4.62. The molecule has 0 saturated heterocycles. The molecule has 0 aliphatic carbocycles. The van der Waals surface area contributed by atoms with E-state index in [0.29, 0.717) is 0 Å². The monoisotopic (exact) mass is 290 g/mol. The topological polar surface area (TPSA) is 42.2 Å². The third-order valence-electron chi connectivity index (χ3n) is 2.93. The number of nitrogens with one attached hydrogen (secondary N) is 1. The van der Waals surface area contributed by atoms with Crippen LogP contribution in [0.15, 0.2) is 31.1 Å². The van der Waals surface area contributed by atoms with Gasteiger partial charge in [-0.3, -0.25) is 0 Å². The van der Waals surface area contributed by atoms with Crippen LogP contribution in [0.3, 0.4) is 0 Å². The van der Waals surface area contributed by atoms with Gasteiger partial charge in [0.15, 0.2) is 5.82 Å². The van der Waals surface area contributed by atoms with Gasteiger partial charge in [-0.05, 0) is 6.07 Å². The van der Waals surface area contributed by atoms with E-state index in [1.54, 1.807) is 6.20 Å². The molecule has 0 amide bonds. The van der Waals surface area contributed by atoms with E-state index in [1.807, 2.05) is 28.6 Å². The van der Waals surface area contributed by atoms with E-state index in [1.165, 1.54) is 0 Å². The number of anilines is 1. The fraction of sp³-hybridized carbons (Fsp3) is 0.467. The Balaban J connectivity index is 2.13. The van der Waals surface area contributed by atoms with Crippen molar-refractivity contribution in [2.24, 2.45) is 0 Å². The van der Waals surface area contributed by atoms with Crippen LogP contribution in [0.1, 0.15) is 26.5 Å². The van der Waals surface area contributed by atoms with Crippen LogP contribution in [0.5, 0.6) is 0 Å². The molecule has 108 valence electrons. The number of nitrogens with zero attached hydrogens (tertiary/aromatic N) is 3. The molecule has 2 rings (SSSR count). The summed E-state index contributed by atoms with van der Waals surface area (Å²) in [5.41, 5.74) is 2.16. The molecule has 0 aliphatic heterocycles. The zero-order valence-corrected chi connectivity index (χ0v) is 13.2. The molecule has 1 N–H and O–H groups in total. The number of fused-ring (bicyclic) bond motifs is 1. The van der Waals surface area contributed by atoms with Gasteiger partial charge >= 0.3 is 0 Å². The first-order chi connectivity index (χ1) is 9.52. The van der Waals surface area contributed by atoms with Crippen LogP contribution >= 0.6 is 11.8 Å². The molecule has 0 bridgehead atoms. The van der Waals surface area contributed by atoms with Gasteiger partial charge in [0, 0.05) is 35.9 Å². The standard InChI is InChI=1S/C15H22N4S/c1-5-9-20-10-7-17-14-12-11-13(15(2,3)4)18-19(12)8-6-16-14/h5-6,8,11H,1,7,9-10H2,2-4H3,(H,16,17). The van der Waals surface area contributed by atoms with E-state index >= 15 is 0 Å². The zero-order chi connectivity index (χ0) is 14.6. The summed E-state index contributed by atoms with van der Waals surface area (Å²) in [5.74, 6) is 2.92. The maximum Gasteiger partial charge on any atom is 0.152 e. The highest BCUT2D eigenvalue weighted by atomic mass is 32.2. The number of rotatable bonds is 6. The number of hydrogen-bond acceptors (Lipinski definition) is 4. The Kier molecular flexibility index (Phi) is 4.70. The van der Waals surface area contributed by atoms with Gasteiger partial charge in [-0.15, -0.1) is 6.58 Å². The van der Waals surface area contributed by atoms with Crippen molar-refractivity contribution in [3.05, 3.63) is 36.8 Å². The molecule has 0 aromatic carbocycles. The van der Waals surface area contributed by atoms with Gasteiger partial charge in [0.05, 0.1) is 5.69 Å². The highest BCUT2D eigenvalue weighted by molar-refractivity contribution is 7.99. The normalized spacial score (nSPS) is 11.8. The Hall–Kier alpha value is -1.49. The fourth-order valence-corrected chi connectivity index (χ4v) is 2.41. The molecule has 0 unspecified atom stereocenters. The molecule has 0 spiro atoms. The summed E-state index contributed by atoms with van der Waals surface area (Å²) >= 11 is 1.86. The van der Waals surface area contributed by atoms with E-state index in [2.05, 4.69) is 48.8 Å². The molecular weight excluding hydrogens is 268 g/mol. The van der Waals surface area contributed by atoms with E-state index in [4.69, 9.17) is 0 Å². The van der Waals surface area contributed by atoms with Gasteiger partial charge in [-0.25, -0.2) is 9.50 Å². The fourth-order valence-electron chi connectivity index (χ4n) is 1.83. The summed E-state index contributed by atoms with van der Waals surface area (Å²) in [5, 5.41) is 8.00. The van der Waals surface area contributed by atoms with Gasteiger partial charge in [0.1, 0.15) is 5.52 Å². The predicted molar refractivity (Wildman–Crippen MR) is 87.7 cm³/mol. The Bertz CT molecular complexity index is 583. The SMILES string of the molecule is C=CCSCCNc1nccn2nc(C(C)(C)C)cc12. The van der Waals surface area contributed by atoms with Crippen molar-refractivity contribution in [1.82, 2.24) is 14.6 Å². The Morgan fingerprint density at radius 2 is 2.25 bits per heavy atom. The smallest absolute Gasteiger partial charge is 0.152 e. The second-order valence-electron chi connectivity index (χ2n) is 5.68. The van der Waals surface area contributed by atoms with Crippen molar-refractivity contribution >= 4 is 23.1 Å². The van der Waals surface area contributed by atoms with Crippen LogP contribution in [-0.4, -0.2) is 32.6 Å². The lowest BCUT2D eigenvalue weighted by Crippen LogP contribution is -2.11. The summed E-state index contributed by atoms with van der Waals surface area (Å²) in [4.78, 5) is 4.42. The molecule has 2 aromatic rings. The van der Waals surface area contributed by atoms with Crippen molar-refractivity contribution in [2.75, 3.05) is 23.4 Å². The van der Waals surface area contributed by atoms with Crippen molar-refractivity contribution in [2.45, 2.75) is 26.2 Å². The van der Waals surface area contributed by atoms with Gasteiger partial charge in [0.2, 0.25) is 0 Å². The first-order valence-electron chi connectivity index (χ1n) is 6.80. The first kappa shape index (κ1) is 14.9. The largest absolute Gasteiger partial charge is 0.367 e. The Labute approximate surface area is 124 Å². The first-order valence-corrected chi connectivity index (χ1v) is 7.95. The van der Waals surface area contributed by atoms with Gasteiger partial charge in [-0.2, -0.15) is 16.9 Å². The average molecular weight is 290 g/mol. The third kappa shape index (κ3) is 3.54. The van der Waals surface area contributed by atoms with Crippen LogP contribution < -0.4 is 5.32 Å². The van der Waals surface area contributed by atoms with Gasteiger partial charge in [-0.1, -0.05) is 26.8 Å². The lowest BCUT2D eigenvalue weighted by molar-refractivity contribution is 0.562. The van der Waals surface area contributed by atoms with Crippen LogP contribution in [0.4, 0.5) is 5.82 Å². The van der Waals surface area contributed by atoms with Crippen molar-refractivity contribution < 1.29 is 0 Å². The molecule has 0 aliphatic rings. The summed E-state index contributed by atoms with van der Waals surface area (Å²) in [6.45, 7) is 11.1. The molecule has 20 heavy (non-hydrogen) atoms. The molecular formula is C15H22N4S. The molecule has 5 heteroatoms. The molecule has 0 fully saturated rings. The van der Waals surface area contributed by atoms with Crippen LogP contribution in [0.25, 0.3) is 5.52 Å². The van der Waals surface area contributed by atoms with Crippen LogP contribution in [0.2, 0.25) is 0 Å². The van der Waals surface area contributed by atoms with E-state index in [-0.39, 0.29) is 5.41 Å². The van der Waals surface area contributed by atoms with E-state index in [9.17, 15) is 0 Å². The molecule has 4 nitrogen and oxygen atoms in total. The number of thioether (sulfide) groups is 1. The molecule has 0 atom stereocenters. The van der Waals surface area contributed by atoms with Gasteiger partial charge in [0.25, 0.3) is 0 Å². The van der Waals surface area contributed by atoms with Crippen LogP contribution in [0, 0.1) is 0 Å². The van der Waals surface area contributed by atoms with Crippen molar-refractivity contribution in [3.63, 3.8) is 0 Å². The lowest BCUT2D eigenvalue weighted by atomic mass is 9.92. The summed E-state index contributed by atoms with van der Waals surface area (Å²) in [7, 11) is 0. The Morgan fingerprint density at radius 3 is 2.95 bits per heavy atom. The molecule has 2 heterocycles. The average Bonchev–Trinajstić information content (AvgIpc) is 2.83.